The van der Waals surface area contributed by atoms with Gasteiger partial charge in [-0.25, -0.2) is 0 Å². The first kappa shape index (κ1) is 33.1. The number of unbranched alkanes of at least 4 members (excludes halogenated alkanes) is 3. The number of hydrogen-bond acceptors (Lipinski definition) is 1. The standard InChI is InChI=1S/C38H72OSi/c1-28(2)34-27-35-32(29-21-23-30(24-22-29)37(3,4)5)19-16-20-33(35)36(34)40(9,31-17-12-13-18-31)26-15-11-10-14-25-39-38(6,7)8/h28-36H,10-27H2,1-9H3. The minimum absolute atomic E-state index is 0.0165. The molecule has 234 valence electrons. The van der Waals surface area contributed by atoms with Crippen LogP contribution in [0.15, 0.2) is 0 Å². The molecule has 6 unspecified atom stereocenters. The van der Waals surface area contributed by atoms with E-state index in [9.17, 15) is 0 Å². The molecule has 0 heterocycles. The number of ether oxygens (including phenoxy) is 1. The van der Waals surface area contributed by atoms with Crippen LogP contribution in [0, 0.1) is 46.8 Å². The molecule has 0 amide bonds. The first-order chi connectivity index (χ1) is 18.8. The predicted molar refractivity (Wildman–Crippen MR) is 179 cm³/mol. The Morgan fingerprint density at radius 2 is 1.32 bits per heavy atom. The SMILES string of the molecule is CC(C)C1CC2C(C3CCC(C(C)(C)C)CC3)CCCC2C1[Si](C)(CCCCCCOC(C)(C)C)C1CCCC1. The molecule has 0 aromatic rings. The summed E-state index contributed by atoms with van der Waals surface area (Å²) in [5, 5.41) is 0. The molecule has 1 nitrogen and oxygen atoms in total. The predicted octanol–water partition coefficient (Wildman–Crippen LogP) is 12.3. The normalized spacial score (nSPS) is 35.7. The fraction of sp³-hybridized carbons (Fsp3) is 1.00. The van der Waals surface area contributed by atoms with E-state index in [4.69, 9.17) is 4.74 Å². The van der Waals surface area contributed by atoms with Crippen LogP contribution in [0.3, 0.4) is 0 Å². The Hall–Kier alpha value is 0.177. The fourth-order valence-electron chi connectivity index (χ4n) is 11.1. The highest BCUT2D eigenvalue weighted by atomic mass is 28.3. The number of fused-ring (bicyclic) bond motifs is 1. The van der Waals surface area contributed by atoms with E-state index in [1.807, 2.05) is 0 Å². The van der Waals surface area contributed by atoms with Crippen LogP contribution in [0.5, 0.6) is 0 Å². The second kappa shape index (κ2) is 13.9. The van der Waals surface area contributed by atoms with Gasteiger partial charge in [0.1, 0.15) is 0 Å². The molecule has 4 aliphatic carbocycles. The van der Waals surface area contributed by atoms with Crippen LogP contribution in [-0.4, -0.2) is 20.3 Å². The Balaban J connectivity index is 1.45. The van der Waals surface area contributed by atoms with Crippen molar-refractivity contribution in [2.45, 2.75) is 187 Å². The van der Waals surface area contributed by atoms with Crippen molar-refractivity contribution in [1.29, 1.82) is 0 Å². The molecule has 0 aromatic heterocycles. The van der Waals surface area contributed by atoms with Gasteiger partial charge in [0.2, 0.25) is 0 Å². The smallest absolute Gasteiger partial charge is 0.0598 e. The van der Waals surface area contributed by atoms with Crippen LogP contribution in [0.25, 0.3) is 0 Å². The van der Waals surface area contributed by atoms with Crippen LogP contribution in [-0.2, 0) is 4.74 Å². The lowest BCUT2D eigenvalue weighted by Crippen LogP contribution is -2.47. The quantitative estimate of drug-likeness (QED) is 0.177. The Labute approximate surface area is 253 Å². The first-order valence-corrected chi connectivity index (χ1v) is 21.3. The van der Waals surface area contributed by atoms with Gasteiger partial charge in [-0.2, -0.15) is 0 Å². The van der Waals surface area contributed by atoms with Crippen molar-refractivity contribution in [3.8, 4) is 0 Å². The highest BCUT2D eigenvalue weighted by Crippen LogP contribution is 2.65. The Bertz CT molecular complexity index is 746. The van der Waals surface area contributed by atoms with Gasteiger partial charge in [0, 0.05) is 6.61 Å². The average Bonchev–Trinajstić information content (AvgIpc) is 3.56. The summed E-state index contributed by atoms with van der Waals surface area (Å²) in [5.74, 6) is 7.15. The van der Waals surface area contributed by atoms with E-state index < -0.39 is 8.07 Å². The third kappa shape index (κ3) is 8.01. The Morgan fingerprint density at radius 3 is 1.93 bits per heavy atom. The summed E-state index contributed by atoms with van der Waals surface area (Å²) >= 11 is 0. The number of hydrogen-bond donors (Lipinski definition) is 0. The third-order valence-corrected chi connectivity index (χ3v) is 19.5. The topological polar surface area (TPSA) is 9.23 Å². The van der Waals surface area contributed by atoms with E-state index in [1.54, 1.807) is 57.4 Å². The van der Waals surface area contributed by atoms with Gasteiger partial charge < -0.3 is 4.74 Å². The van der Waals surface area contributed by atoms with Crippen molar-refractivity contribution >= 4 is 8.07 Å². The van der Waals surface area contributed by atoms with Crippen molar-refractivity contribution in [2.75, 3.05) is 6.61 Å². The average molecular weight is 573 g/mol. The van der Waals surface area contributed by atoms with Gasteiger partial charge in [-0.05, 0) is 124 Å². The van der Waals surface area contributed by atoms with Gasteiger partial charge in [0.25, 0.3) is 0 Å². The molecule has 4 fully saturated rings. The summed E-state index contributed by atoms with van der Waals surface area (Å²) in [7, 11) is -1.36. The summed E-state index contributed by atoms with van der Waals surface area (Å²) in [6.07, 6.45) is 24.2. The Kier molecular flexibility index (Phi) is 11.5. The minimum atomic E-state index is -1.36. The van der Waals surface area contributed by atoms with E-state index in [0.29, 0.717) is 5.41 Å². The van der Waals surface area contributed by atoms with Gasteiger partial charge in [-0.1, -0.05) is 105 Å². The zero-order valence-corrected chi connectivity index (χ0v) is 29.8. The fourth-order valence-corrected chi connectivity index (χ4v) is 18.1. The maximum absolute atomic E-state index is 6.03. The summed E-state index contributed by atoms with van der Waals surface area (Å²) < 4.78 is 6.03. The summed E-state index contributed by atoms with van der Waals surface area (Å²) in [6, 6.07) is 1.64. The highest BCUT2D eigenvalue weighted by molar-refractivity contribution is 6.81. The molecule has 0 aliphatic heterocycles. The molecule has 4 aliphatic rings. The molecule has 6 atom stereocenters. The monoisotopic (exact) mass is 573 g/mol. The summed E-state index contributed by atoms with van der Waals surface area (Å²) in [4.78, 5) is 0. The first-order valence-electron chi connectivity index (χ1n) is 18.4. The van der Waals surface area contributed by atoms with Crippen LogP contribution < -0.4 is 0 Å². The maximum Gasteiger partial charge on any atom is 0.0598 e. The second-order valence-electron chi connectivity index (χ2n) is 18.2. The minimum Gasteiger partial charge on any atom is -0.376 e. The van der Waals surface area contributed by atoms with Gasteiger partial charge in [0.05, 0.1) is 13.7 Å². The van der Waals surface area contributed by atoms with Crippen LogP contribution in [0.1, 0.15) is 158 Å². The van der Waals surface area contributed by atoms with E-state index in [0.717, 1.165) is 59.1 Å². The molecule has 4 rings (SSSR count). The van der Waals surface area contributed by atoms with Crippen LogP contribution in [0.2, 0.25) is 23.7 Å². The molecule has 40 heavy (non-hydrogen) atoms. The molecule has 0 bridgehead atoms. The van der Waals surface area contributed by atoms with Crippen molar-refractivity contribution in [3.05, 3.63) is 0 Å². The zero-order chi connectivity index (χ0) is 29.1. The van der Waals surface area contributed by atoms with E-state index >= 15 is 0 Å². The van der Waals surface area contributed by atoms with E-state index in [2.05, 4.69) is 61.9 Å². The Morgan fingerprint density at radius 1 is 0.700 bits per heavy atom. The van der Waals surface area contributed by atoms with Crippen LogP contribution >= 0.6 is 0 Å². The summed E-state index contributed by atoms with van der Waals surface area (Å²) in [6.45, 7) is 23.2. The molecule has 0 N–H and O–H groups in total. The van der Waals surface area contributed by atoms with E-state index in [1.165, 1.54) is 51.4 Å². The van der Waals surface area contributed by atoms with Crippen molar-refractivity contribution in [3.63, 3.8) is 0 Å². The lowest BCUT2D eigenvalue weighted by atomic mass is 9.61. The van der Waals surface area contributed by atoms with Crippen LogP contribution in [0.4, 0.5) is 0 Å². The number of rotatable bonds is 11. The van der Waals surface area contributed by atoms with Crippen molar-refractivity contribution in [1.82, 2.24) is 0 Å². The highest BCUT2D eigenvalue weighted by Gasteiger charge is 2.58. The molecule has 4 saturated carbocycles. The molecular weight excluding hydrogens is 501 g/mol. The van der Waals surface area contributed by atoms with Crippen molar-refractivity contribution < 1.29 is 4.74 Å². The largest absolute Gasteiger partial charge is 0.376 e. The molecule has 2 heteroatoms. The lowest BCUT2D eigenvalue weighted by Gasteiger charge is -2.49. The zero-order valence-electron chi connectivity index (χ0n) is 28.8. The summed E-state index contributed by atoms with van der Waals surface area (Å²) in [5.41, 5.74) is 2.78. The van der Waals surface area contributed by atoms with Gasteiger partial charge >= 0.3 is 0 Å². The molecule has 0 spiro atoms. The van der Waals surface area contributed by atoms with Crippen molar-refractivity contribution in [2.24, 2.45) is 46.8 Å². The molecule has 0 saturated heterocycles. The van der Waals surface area contributed by atoms with Gasteiger partial charge in [-0.3, -0.25) is 0 Å². The molecule has 0 aromatic carbocycles. The second-order valence-corrected chi connectivity index (χ2v) is 23.2. The van der Waals surface area contributed by atoms with Gasteiger partial charge in [-0.15, -0.1) is 0 Å². The van der Waals surface area contributed by atoms with Gasteiger partial charge in [0.15, 0.2) is 0 Å². The molecular formula is C38H72OSi. The molecule has 0 radical (unpaired) electrons. The van der Waals surface area contributed by atoms with E-state index in [-0.39, 0.29) is 5.60 Å². The maximum atomic E-state index is 6.03. The third-order valence-electron chi connectivity index (χ3n) is 13.3. The lowest BCUT2D eigenvalue weighted by molar-refractivity contribution is -0.00471.